The van der Waals surface area contributed by atoms with Crippen LogP contribution in [0.3, 0.4) is 0 Å². The molecule has 0 bridgehead atoms. The lowest BCUT2D eigenvalue weighted by atomic mass is 10.1. The van der Waals surface area contributed by atoms with Crippen LogP contribution in [0, 0.1) is 5.82 Å². The van der Waals surface area contributed by atoms with E-state index in [9.17, 15) is 14.3 Å². The fraction of sp³-hybridized carbons (Fsp3) is 0.100. The molecular formula is C20H18FN3O2. The molecule has 0 saturated heterocycles. The molecule has 1 aromatic heterocycles. The molecule has 1 atom stereocenters. The van der Waals surface area contributed by atoms with Crippen molar-refractivity contribution in [3.8, 4) is 0 Å². The summed E-state index contributed by atoms with van der Waals surface area (Å²) in [5, 5.41) is 15.7. The number of halogens is 1. The predicted molar refractivity (Wildman–Crippen MR) is 97.7 cm³/mol. The van der Waals surface area contributed by atoms with E-state index in [1.807, 2.05) is 18.2 Å². The smallest absolute Gasteiger partial charge is 0.255 e. The topological polar surface area (TPSA) is 74.2 Å². The number of hydrogen-bond donors (Lipinski definition) is 3. The first-order valence-electron chi connectivity index (χ1n) is 8.13. The van der Waals surface area contributed by atoms with Crippen LogP contribution in [-0.4, -0.2) is 22.5 Å². The fourth-order valence-corrected chi connectivity index (χ4v) is 2.46. The first kappa shape index (κ1) is 17.6. The monoisotopic (exact) mass is 351 g/mol. The number of para-hydroxylation sites is 1. The number of pyridine rings is 1. The van der Waals surface area contributed by atoms with Gasteiger partial charge < -0.3 is 15.7 Å². The van der Waals surface area contributed by atoms with Crippen LogP contribution in [0.15, 0.2) is 72.9 Å². The number of amides is 1. The number of hydrogen-bond acceptors (Lipinski definition) is 4. The molecule has 3 N–H and O–H groups in total. The van der Waals surface area contributed by atoms with Gasteiger partial charge in [-0.25, -0.2) is 9.37 Å². The maximum absolute atomic E-state index is 13.8. The van der Waals surface area contributed by atoms with Crippen LogP contribution < -0.4 is 10.6 Å². The number of anilines is 2. The van der Waals surface area contributed by atoms with Crippen LogP contribution >= 0.6 is 0 Å². The second kappa shape index (κ2) is 8.22. The summed E-state index contributed by atoms with van der Waals surface area (Å²) in [7, 11) is 0. The Balaban J connectivity index is 1.71. The summed E-state index contributed by atoms with van der Waals surface area (Å²) in [6, 6.07) is 18.4. The van der Waals surface area contributed by atoms with Crippen LogP contribution in [0.5, 0.6) is 0 Å². The average Bonchev–Trinajstić information content (AvgIpc) is 2.68. The van der Waals surface area contributed by atoms with Gasteiger partial charge in [-0.05, 0) is 29.8 Å². The van der Waals surface area contributed by atoms with Gasteiger partial charge in [0, 0.05) is 12.7 Å². The Morgan fingerprint density at radius 1 is 1.04 bits per heavy atom. The summed E-state index contributed by atoms with van der Waals surface area (Å²) >= 11 is 0. The number of aliphatic hydroxyl groups excluding tert-OH is 1. The molecule has 2 aromatic carbocycles. The third-order valence-electron chi connectivity index (χ3n) is 3.82. The molecule has 0 saturated carbocycles. The summed E-state index contributed by atoms with van der Waals surface area (Å²) < 4.78 is 13.8. The number of aromatic nitrogens is 1. The molecule has 1 amide bonds. The van der Waals surface area contributed by atoms with Crippen LogP contribution in [0.25, 0.3) is 0 Å². The van der Waals surface area contributed by atoms with Gasteiger partial charge in [-0.1, -0.05) is 42.5 Å². The summed E-state index contributed by atoms with van der Waals surface area (Å²) in [5.41, 5.74) is 1.20. The number of nitrogens with one attached hydrogen (secondary N) is 2. The van der Waals surface area contributed by atoms with Crippen molar-refractivity contribution in [2.75, 3.05) is 11.9 Å². The molecule has 5 nitrogen and oxygen atoms in total. The molecule has 0 fully saturated rings. The molecule has 1 unspecified atom stereocenters. The van der Waals surface area contributed by atoms with E-state index in [0.29, 0.717) is 5.56 Å². The highest BCUT2D eigenvalue weighted by Crippen LogP contribution is 2.21. The van der Waals surface area contributed by atoms with E-state index in [0.717, 1.165) is 0 Å². The van der Waals surface area contributed by atoms with Gasteiger partial charge >= 0.3 is 0 Å². The fourth-order valence-electron chi connectivity index (χ4n) is 2.46. The molecule has 0 aliphatic carbocycles. The standard InChI is InChI=1S/C20H18FN3O2/c21-16-10-4-5-11-17(16)24-19-15(9-6-12-22-19)20(26)23-13-18(25)14-7-2-1-3-8-14/h1-12,18,25H,13H2,(H,22,24)(H,23,26). The lowest BCUT2D eigenvalue weighted by molar-refractivity contribution is 0.0917. The molecule has 0 spiro atoms. The Morgan fingerprint density at radius 2 is 1.77 bits per heavy atom. The summed E-state index contributed by atoms with van der Waals surface area (Å²) in [6.07, 6.45) is 0.693. The van der Waals surface area contributed by atoms with Crippen molar-refractivity contribution in [1.29, 1.82) is 0 Å². The Labute approximate surface area is 150 Å². The lowest BCUT2D eigenvalue weighted by Gasteiger charge is -2.14. The largest absolute Gasteiger partial charge is 0.387 e. The minimum atomic E-state index is -0.820. The van der Waals surface area contributed by atoms with Gasteiger partial charge in [0.2, 0.25) is 0 Å². The molecule has 1 heterocycles. The Hall–Kier alpha value is -3.25. The molecule has 3 rings (SSSR count). The quantitative estimate of drug-likeness (QED) is 0.636. The maximum Gasteiger partial charge on any atom is 0.255 e. The highest BCUT2D eigenvalue weighted by molar-refractivity contribution is 5.99. The second-order valence-corrected chi connectivity index (χ2v) is 5.64. The van der Waals surface area contributed by atoms with E-state index in [4.69, 9.17) is 0 Å². The lowest BCUT2D eigenvalue weighted by Crippen LogP contribution is -2.29. The Bertz CT molecular complexity index is 887. The van der Waals surface area contributed by atoms with Crippen molar-refractivity contribution in [2.45, 2.75) is 6.10 Å². The van der Waals surface area contributed by atoms with E-state index in [2.05, 4.69) is 15.6 Å². The molecule has 3 aromatic rings. The number of carbonyl (C=O) groups excluding carboxylic acids is 1. The third kappa shape index (κ3) is 4.23. The summed E-state index contributed by atoms with van der Waals surface area (Å²) in [4.78, 5) is 16.6. The van der Waals surface area contributed by atoms with E-state index < -0.39 is 17.8 Å². The maximum atomic E-state index is 13.8. The average molecular weight is 351 g/mol. The number of benzene rings is 2. The normalized spacial score (nSPS) is 11.6. The van der Waals surface area contributed by atoms with E-state index in [1.54, 1.807) is 42.5 Å². The van der Waals surface area contributed by atoms with Crippen LogP contribution in [0.2, 0.25) is 0 Å². The molecular weight excluding hydrogens is 333 g/mol. The number of rotatable bonds is 6. The van der Waals surface area contributed by atoms with Gasteiger partial charge in [0.05, 0.1) is 17.4 Å². The van der Waals surface area contributed by atoms with Gasteiger partial charge in [-0.2, -0.15) is 0 Å². The van der Waals surface area contributed by atoms with Gasteiger partial charge in [-0.15, -0.1) is 0 Å². The van der Waals surface area contributed by atoms with Crippen LogP contribution in [-0.2, 0) is 0 Å². The molecule has 0 radical (unpaired) electrons. The summed E-state index contributed by atoms with van der Waals surface area (Å²) in [6.45, 7) is 0.0525. The van der Waals surface area contributed by atoms with Crippen molar-refractivity contribution in [3.05, 3.63) is 89.9 Å². The summed E-state index contributed by atoms with van der Waals surface area (Å²) in [5.74, 6) is -0.611. The zero-order chi connectivity index (χ0) is 18.4. The highest BCUT2D eigenvalue weighted by atomic mass is 19.1. The Morgan fingerprint density at radius 3 is 2.54 bits per heavy atom. The van der Waals surface area contributed by atoms with Crippen molar-refractivity contribution in [3.63, 3.8) is 0 Å². The van der Waals surface area contributed by atoms with Gasteiger partial charge in [-0.3, -0.25) is 4.79 Å². The van der Waals surface area contributed by atoms with Crippen molar-refractivity contribution in [2.24, 2.45) is 0 Å². The molecule has 6 heteroatoms. The zero-order valence-corrected chi connectivity index (χ0v) is 13.9. The first-order valence-corrected chi connectivity index (χ1v) is 8.13. The van der Waals surface area contributed by atoms with Crippen LogP contribution in [0.1, 0.15) is 22.0 Å². The number of aliphatic hydroxyl groups is 1. The molecule has 0 aliphatic heterocycles. The predicted octanol–water partition coefficient (Wildman–Crippen LogP) is 3.43. The highest BCUT2D eigenvalue weighted by Gasteiger charge is 2.15. The molecule has 26 heavy (non-hydrogen) atoms. The van der Waals surface area contributed by atoms with E-state index >= 15 is 0 Å². The minimum Gasteiger partial charge on any atom is -0.387 e. The number of nitrogens with zero attached hydrogens (tertiary/aromatic N) is 1. The van der Waals surface area contributed by atoms with Crippen LogP contribution in [0.4, 0.5) is 15.9 Å². The Kier molecular flexibility index (Phi) is 5.56. The molecule has 132 valence electrons. The zero-order valence-electron chi connectivity index (χ0n) is 13.9. The second-order valence-electron chi connectivity index (χ2n) is 5.64. The van der Waals surface area contributed by atoms with Gasteiger partial charge in [0.1, 0.15) is 11.6 Å². The SMILES string of the molecule is O=C(NCC(O)c1ccccc1)c1cccnc1Nc1ccccc1F. The van der Waals surface area contributed by atoms with Gasteiger partial charge in [0.25, 0.3) is 5.91 Å². The van der Waals surface area contributed by atoms with Crippen molar-refractivity contribution >= 4 is 17.4 Å². The number of carbonyl (C=O) groups is 1. The molecule has 0 aliphatic rings. The van der Waals surface area contributed by atoms with Gasteiger partial charge in [0.15, 0.2) is 0 Å². The van der Waals surface area contributed by atoms with E-state index in [1.165, 1.54) is 12.3 Å². The van der Waals surface area contributed by atoms with Crippen molar-refractivity contribution in [1.82, 2.24) is 10.3 Å². The van der Waals surface area contributed by atoms with Crippen molar-refractivity contribution < 1.29 is 14.3 Å². The third-order valence-corrected chi connectivity index (χ3v) is 3.82. The van der Waals surface area contributed by atoms with E-state index in [-0.39, 0.29) is 23.6 Å². The first-order chi connectivity index (χ1) is 12.6. The minimum absolute atomic E-state index is 0.0525.